The predicted molar refractivity (Wildman–Crippen MR) is 79.3 cm³/mol. The van der Waals surface area contributed by atoms with Crippen molar-refractivity contribution in [1.29, 1.82) is 0 Å². The van der Waals surface area contributed by atoms with E-state index in [0.717, 1.165) is 16.8 Å². The van der Waals surface area contributed by atoms with Crippen molar-refractivity contribution in [3.05, 3.63) is 53.2 Å². The van der Waals surface area contributed by atoms with Gasteiger partial charge >= 0.3 is 0 Å². The number of nitrogens with two attached hydrogens (primary N) is 1. The van der Waals surface area contributed by atoms with Gasteiger partial charge in [0.15, 0.2) is 11.6 Å². The number of pyridine rings is 1. The zero-order chi connectivity index (χ0) is 14.1. The summed E-state index contributed by atoms with van der Waals surface area (Å²) in [5.74, 6) is 0.887. The smallest absolute Gasteiger partial charge is 0.178 e. The van der Waals surface area contributed by atoms with Gasteiger partial charge in [0.25, 0.3) is 0 Å². The maximum absolute atomic E-state index is 6.16. The van der Waals surface area contributed by atoms with Crippen LogP contribution < -0.4 is 5.73 Å². The lowest BCUT2D eigenvalue weighted by molar-refractivity contribution is 0.436. The molecule has 0 aliphatic heterocycles. The fourth-order valence-electron chi connectivity index (χ4n) is 1.99. The fourth-order valence-corrected chi connectivity index (χ4v) is 2.17. The summed E-state index contributed by atoms with van der Waals surface area (Å²) >= 11 is 6.16. The van der Waals surface area contributed by atoms with Gasteiger partial charge < -0.3 is 10.3 Å². The number of hydrogen-bond donors (Lipinski definition) is 1. The van der Waals surface area contributed by atoms with Crippen LogP contribution in [0.15, 0.2) is 47.1 Å². The molecule has 0 saturated carbocycles. The lowest BCUT2D eigenvalue weighted by atomic mass is 10.0. The van der Waals surface area contributed by atoms with Gasteiger partial charge in [0, 0.05) is 16.8 Å². The van der Waals surface area contributed by atoms with Crippen LogP contribution in [0.5, 0.6) is 0 Å². The Morgan fingerprint density at radius 3 is 2.75 bits per heavy atom. The topological polar surface area (TPSA) is 64.9 Å². The average Bonchev–Trinajstić information content (AvgIpc) is 2.85. The number of nitrogen functional groups attached to an aromatic ring is 1. The Balaban J connectivity index is 2.18. The van der Waals surface area contributed by atoms with Crippen LogP contribution in [-0.4, -0.2) is 10.1 Å². The molecular weight excluding hydrogens is 274 g/mol. The second kappa shape index (κ2) is 4.98. The lowest BCUT2D eigenvalue weighted by Gasteiger charge is -2.04. The largest absolute Gasteiger partial charge is 0.380 e. The van der Waals surface area contributed by atoms with E-state index in [1.165, 1.54) is 0 Å². The van der Waals surface area contributed by atoms with Crippen molar-refractivity contribution in [2.75, 3.05) is 5.73 Å². The molecule has 20 heavy (non-hydrogen) atoms. The van der Waals surface area contributed by atoms with Crippen LogP contribution in [-0.2, 0) is 0 Å². The number of hydrogen-bond acceptors (Lipinski definition) is 4. The van der Waals surface area contributed by atoms with E-state index >= 15 is 0 Å². The van der Waals surface area contributed by atoms with Gasteiger partial charge in [0.2, 0.25) is 0 Å². The molecule has 0 spiro atoms. The molecule has 0 radical (unpaired) electrons. The SMILES string of the molecule is Cc1ccc(-c2onc(N)c2-c2ccccn2)cc1Cl. The second-order valence-electron chi connectivity index (χ2n) is 4.45. The fraction of sp³-hybridized carbons (Fsp3) is 0.0667. The van der Waals surface area contributed by atoms with E-state index in [1.54, 1.807) is 6.20 Å². The highest BCUT2D eigenvalue weighted by Gasteiger charge is 2.18. The summed E-state index contributed by atoms with van der Waals surface area (Å²) in [7, 11) is 0. The highest BCUT2D eigenvalue weighted by atomic mass is 35.5. The van der Waals surface area contributed by atoms with E-state index in [9.17, 15) is 0 Å². The third kappa shape index (κ3) is 2.14. The minimum absolute atomic E-state index is 0.315. The Morgan fingerprint density at radius 1 is 1.20 bits per heavy atom. The first kappa shape index (κ1) is 12.7. The van der Waals surface area contributed by atoms with Crippen LogP contribution in [0.1, 0.15) is 5.56 Å². The Bertz CT molecular complexity index is 753. The van der Waals surface area contributed by atoms with Crippen molar-refractivity contribution < 1.29 is 4.52 Å². The second-order valence-corrected chi connectivity index (χ2v) is 4.86. The maximum Gasteiger partial charge on any atom is 0.178 e. The standard InChI is InChI=1S/C15H12ClN3O/c1-9-5-6-10(8-11(9)16)14-13(15(17)19-20-14)12-4-2-3-7-18-12/h2-8H,1H3,(H2,17,19). The quantitative estimate of drug-likeness (QED) is 0.774. The minimum atomic E-state index is 0.315. The number of anilines is 1. The molecule has 100 valence electrons. The van der Waals surface area contributed by atoms with Crippen molar-refractivity contribution in [2.24, 2.45) is 0 Å². The highest BCUT2D eigenvalue weighted by Crippen LogP contribution is 2.36. The van der Waals surface area contributed by atoms with Gasteiger partial charge in [-0.15, -0.1) is 0 Å². The molecule has 2 aromatic heterocycles. The van der Waals surface area contributed by atoms with E-state index in [2.05, 4.69) is 10.1 Å². The number of nitrogens with zero attached hydrogens (tertiary/aromatic N) is 2. The molecule has 1 aromatic carbocycles. The Labute approximate surface area is 121 Å². The third-order valence-corrected chi connectivity index (χ3v) is 3.48. The summed E-state index contributed by atoms with van der Waals surface area (Å²) in [4.78, 5) is 4.30. The lowest BCUT2D eigenvalue weighted by Crippen LogP contribution is -1.90. The highest BCUT2D eigenvalue weighted by molar-refractivity contribution is 6.31. The van der Waals surface area contributed by atoms with Crippen molar-refractivity contribution >= 4 is 17.4 Å². The van der Waals surface area contributed by atoms with Gasteiger partial charge in [-0.05, 0) is 30.7 Å². The van der Waals surface area contributed by atoms with Crippen molar-refractivity contribution in [3.63, 3.8) is 0 Å². The zero-order valence-corrected chi connectivity index (χ0v) is 11.6. The van der Waals surface area contributed by atoms with Gasteiger partial charge in [-0.3, -0.25) is 4.98 Å². The molecule has 4 nitrogen and oxygen atoms in total. The number of aromatic nitrogens is 2. The summed E-state index contributed by atoms with van der Waals surface area (Å²) in [6.45, 7) is 1.94. The van der Waals surface area contributed by atoms with Gasteiger partial charge in [-0.25, -0.2) is 0 Å². The van der Waals surface area contributed by atoms with Crippen LogP contribution in [0.3, 0.4) is 0 Å². The first-order valence-corrected chi connectivity index (χ1v) is 6.47. The van der Waals surface area contributed by atoms with E-state index in [0.29, 0.717) is 22.2 Å². The monoisotopic (exact) mass is 285 g/mol. The molecule has 3 rings (SSSR count). The molecule has 0 aliphatic rings. The molecule has 3 aromatic rings. The first-order valence-electron chi connectivity index (χ1n) is 6.10. The summed E-state index contributed by atoms with van der Waals surface area (Å²) in [6.07, 6.45) is 1.70. The maximum atomic E-state index is 6.16. The number of halogens is 1. The molecule has 0 bridgehead atoms. The average molecular weight is 286 g/mol. The van der Waals surface area contributed by atoms with Gasteiger partial charge in [-0.1, -0.05) is 35.0 Å². The molecule has 0 fully saturated rings. The minimum Gasteiger partial charge on any atom is -0.380 e. The molecule has 2 N–H and O–H groups in total. The summed E-state index contributed by atoms with van der Waals surface area (Å²) < 4.78 is 5.36. The van der Waals surface area contributed by atoms with E-state index in [-0.39, 0.29) is 0 Å². The van der Waals surface area contributed by atoms with Crippen LogP contribution in [0, 0.1) is 6.92 Å². The summed E-state index contributed by atoms with van der Waals surface area (Å²) in [5, 5.41) is 4.51. The van der Waals surface area contributed by atoms with Gasteiger partial charge in [-0.2, -0.15) is 0 Å². The van der Waals surface area contributed by atoms with Crippen LogP contribution >= 0.6 is 11.6 Å². The first-order chi connectivity index (χ1) is 9.66. The molecule has 0 saturated heterocycles. The Morgan fingerprint density at radius 2 is 2.05 bits per heavy atom. The summed E-state index contributed by atoms with van der Waals surface area (Å²) in [5.41, 5.74) is 9.13. The van der Waals surface area contributed by atoms with E-state index in [1.807, 2.05) is 43.3 Å². The third-order valence-electron chi connectivity index (χ3n) is 3.07. The number of aryl methyl sites for hydroxylation is 1. The van der Waals surface area contributed by atoms with Crippen LogP contribution in [0.4, 0.5) is 5.82 Å². The molecule has 0 aliphatic carbocycles. The van der Waals surface area contributed by atoms with E-state index in [4.69, 9.17) is 21.9 Å². The molecule has 2 heterocycles. The molecule has 0 unspecified atom stereocenters. The Hall–Kier alpha value is -2.33. The molecule has 0 amide bonds. The van der Waals surface area contributed by atoms with Gasteiger partial charge in [0.05, 0.1) is 11.3 Å². The number of benzene rings is 1. The predicted octanol–water partition coefficient (Wildman–Crippen LogP) is 3.95. The van der Waals surface area contributed by atoms with Crippen molar-refractivity contribution in [1.82, 2.24) is 10.1 Å². The Kier molecular flexibility index (Phi) is 3.16. The zero-order valence-electron chi connectivity index (χ0n) is 10.8. The van der Waals surface area contributed by atoms with E-state index < -0.39 is 0 Å². The summed E-state index contributed by atoms with van der Waals surface area (Å²) in [6, 6.07) is 11.3. The van der Waals surface area contributed by atoms with Crippen LogP contribution in [0.2, 0.25) is 5.02 Å². The number of rotatable bonds is 2. The van der Waals surface area contributed by atoms with Crippen LogP contribution in [0.25, 0.3) is 22.6 Å². The van der Waals surface area contributed by atoms with Crippen molar-refractivity contribution in [2.45, 2.75) is 6.92 Å². The van der Waals surface area contributed by atoms with Gasteiger partial charge in [0.1, 0.15) is 0 Å². The van der Waals surface area contributed by atoms with Crippen molar-refractivity contribution in [3.8, 4) is 22.6 Å². The molecule has 0 atom stereocenters. The molecular formula is C15H12ClN3O. The molecule has 5 heteroatoms. The normalized spacial score (nSPS) is 10.7.